The number of hydrogen-bond donors (Lipinski definition) is 0. The summed E-state index contributed by atoms with van der Waals surface area (Å²) in [6.45, 7) is 0. The Kier molecular flexibility index (Phi) is 5.91. The monoisotopic (exact) mass is 432 g/mol. The molecule has 150 valence electrons. The quantitative estimate of drug-likeness (QED) is 0.593. The van der Waals surface area contributed by atoms with Crippen molar-refractivity contribution in [1.29, 1.82) is 0 Å². The minimum absolute atomic E-state index is 0.0617. The maximum absolute atomic E-state index is 13.1. The van der Waals surface area contributed by atoms with E-state index in [1.54, 1.807) is 31.3 Å². The number of hydrogen-bond acceptors (Lipinski definition) is 3. The summed E-state index contributed by atoms with van der Waals surface area (Å²) < 4.78 is 40.2. The van der Waals surface area contributed by atoms with E-state index in [1.807, 2.05) is 6.07 Å². The van der Waals surface area contributed by atoms with E-state index in [0.717, 1.165) is 4.31 Å². The molecule has 0 saturated carbocycles. The molecule has 0 unspecified atom stereocenters. The molecule has 1 amide bonds. The number of anilines is 2. The van der Waals surface area contributed by atoms with E-state index in [-0.39, 0.29) is 21.2 Å². The fraction of sp³-hybridized carbons (Fsp3) is 0.0952. The van der Waals surface area contributed by atoms with Crippen LogP contribution >= 0.6 is 11.6 Å². The molecule has 0 aliphatic rings. The van der Waals surface area contributed by atoms with Crippen LogP contribution in [0.4, 0.5) is 15.8 Å². The van der Waals surface area contributed by atoms with Crippen LogP contribution in [-0.2, 0) is 10.0 Å². The van der Waals surface area contributed by atoms with Crippen molar-refractivity contribution in [2.75, 3.05) is 23.3 Å². The Morgan fingerprint density at radius 3 is 2.14 bits per heavy atom. The molecule has 3 aromatic rings. The molecular formula is C21H18ClFN2O3S. The van der Waals surface area contributed by atoms with Crippen LogP contribution < -0.4 is 9.21 Å². The van der Waals surface area contributed by atoms with Crippen LogP contribution in [0.3, 0.4) is 0 Å². The molecule has 8 heteroatoms. The highest BCUT2D eigenvalue weighted by Gasteiger charge is 2.25. The Bertz CT molecular complexity index is 1140. The molecule has 0 aliphatic carbocycles. The van der Waals surface area contributed by atoms with E-state index >= 15 is 0 Å². The van der Waals surface area contributed by atoms with Gasteiger partial charge >= 0.3 is 0 Å². The van der Waals surface area contributed by atoms with Crippen molar-refractivity contribution in [2.24, 2.45) is 0 Å². The van der Waals surface area contributed by atoms with Gasteiger partial charge < -0.3 is 4.90 Å². The zero-order valence-electron chi connectivity index (χ0n) is 15.7. The number of para-hydroxylation sites is 1. The van der Waals surface area contributed by atoms with Gasteiger partial charge in [-0.05, 0) is 54.6 Å². The number of nitrogens with zero attached hydrogens (tertiary/aromatic N) is 2. The lowest BCUT2D eigenvalue weighted by Crippen LogP contribution is -2.28. The van der Waals surface area contributed by atoms with Gasteiger partial charge in [0.25, 0.3) is 15.9 Å². The van der Waals surface area contributed by atoms with E-state index in [9.17, 15) is 17.6 Å². The summed E-state index contributed by atoms with van der Waals surface area (Å²) in [5.74, 6) is -0.912. The normalized spacial score (nSPS) is 11.2. The summed E-state index contributed by atoms with van der Waals surface area (Å²) in [7, 11) is -1.05. The molecule has 0 fully saturated rings. The smallest absolute Gasteiger partial charge is 0.264 e. The van der Waals surface area contributed by atoms with Crippen molar-refractivity contribution in [3.63, 3.8) is 0 Å². The number of amides is 1. The molecule has 0 spiro atoms. The molecule has 0 saturated heterocycles. The van der Waals surface area contributed by atoms with Crippen LogP contribution in [0.1, 0.15) is 10.4 Å². The van der Waals surface area contributed by atoms with Crippen molar-refractivity contribution in [3.05, 3.63) is 89.2 Å². The summed E-state index contributed by atoms with van der Waals surface area (Å²) >= 11 is 6.19. The third kappa shape index (κ3) is 4.26. The van der Waals surface area contributed by atoms with Crippen LogP contribution in [0.25, 0.3) is 0 Å². The number of rotatable bonds is 5. The standard InChI is InChI=1S/C21H18ClFN2O3S/c1-24(16-6-4-3-5-7-16)21(26)19-14-18(12-13-20(19)22)29(27,28)25(2)17-10-8-15(23)9-11-17/h3-14H,1-2H3. The van der Waals surface area contributed by atoms with Crippen LogP contribution in [0.2, 0.25) is 5.02 Å². The highest BCUT2D eigenvalue weighted by Crippen LogP contribution is 2.27. The van der Waals surface area contributed by atoms with Crippen molar-refractivity contribution < 1.29 is 17.6 Å². The Balaban J connectivity index is 1.97. The molecule has 0 aliphatic heterocycles. The van der Waals surface area contributed by atoms with Crippen LogP contribution in [0.15, 0.2) is 77.7 Å². The summed E-state index contributed by atoms with van der Waals surface area (Å²) in [6.07, 6.45) is 0. The molecule has 3 aromatic carbocycles. The van der Waals surface area contributed by atoms with Gasteiger partial charge in [0.05, 0.1) is 21.2 Å². The molecule has 0 atom stereocenters. The van der Waals surface area contributed by atoms with Crippen molar-refractivity contribution in [3.8, 4) is 0 Å². The van der Waals surface area contributed by atoms with Gasteiger partial charge in [-0.1, -0.05) is 29.8 Å². The average molecular weight is 433 g/mol. The van der Waals surface area contributed by atoms with Gasteiger partial charge in [-0.3, -0.25) is 9.10 Å². The molecule has 29 heavy (non-hydrogen) atoms. The van der Waals surface area contributed by atoms with Crippen LogP contribution in [-0.4, -0.2) is 28.4 Å². The Labute approximate surface area is 174 Å². The zero-order chi connectivity index (χ0) is 21.2. The highest BCUT2D eigenvalue weighted by molar-refractivity contribution is 7.92. The van der Waals surface area contributed by atoms with E-state index in [0.29, 0.717) is 5.69 Å². The van der Waals surface area contributed by atoms with E-state index in [1.165, 1.54) is 54.4 Å². The first-order chi connectivity index (χ1) is 13.7. The number of sulfonamides is 1. The lowest BCUT2D eigenvalue weighted by atomic mass is 10.2. The topological polar surface area (TPSA) is 57.7 Å². The minimum Gasteiger partial charge on any atom is -0.311 e. The first-order valence-electron chi connectivity index (χ1n) is 8.59. The van der Waals surface area contributed by atoms with E-state index in [4.69, 9.17) is 11.6 Å². The Morgan fingerprint density at radius 2 is 1.52 bits per heavy atom. The van der Waals surface area contributed by atoms with Gasteiger partial charge in [0.15, 0.2) is 0 Å². The largest absolute Gasteiger partial charge is 0.311 e. The lowest BCUT2D eigenvalue weighted by molar-refractivity contribution is 0.0993. The van der Waals surface area contributed by atoms with E-state index in [2.05, 4.69) is 0 Å². The summed E-state index contributed by atoms with van der Waals surface area (Å²) in [5.41, 5.74) is 0.993. The predicted octanol–water partition coefficient (Wildman–Crippen LogP) is 4.58. The zero-order valence-corrected chi connectivity index (χ0v) is 17.3. The van der Waals surface area contributed by atoms with Crippen molar-refractivity contribution >= 4 is 38.9 Å². The molecule has 0 radical (unpaired) electrons. The van der Waals surface area contributed by atoms with Crippen molar-refractivity contribution in [1.82, 2.24) is 0 Å². The van der Waals surface area contributed by atoms with Crippen LogP contribution in [0, 0.1) is 5.82 Å². The maximum atomic E-state index is 13.1. The Morgan fingerprint density at radius 1 is 0.897 bits per heavy atom. The second-order valence-corrected chi connectivity index (χ2v) is 8.67. The molecular weight excluding hydrogens is 415 g/mol. The van der Waals surface area contributed by atoms with Gasteiger partial charge in [0.1, 0.15) is 5.82 Å². The highest BCUT2D eigenvalue weighted by atomic mass is 35.5. The number of carbonyl (C=O) groups is 1. The molecule has 0 N–H and O–H groups in total. The predicted molar refractivity (Wildman–Crippen MR) is 113 cm³/mol. The molecule has 0 bridgehead atoms. The second kappa shape index (κ2) is 8.23. The summed E-state index contributed by atoms with van der Waals surface area (Å²) in [6, 6.07) is 17.9. The molecule has 0 heterocycles. The third-order valence-electron chi connectivity index (χ3n) is 4.46. The fourth-order valence-corrected chi connectivity index (χ4v) is 4.15. The Hall–Kier alpha value is -2.90. The van der Waals surface area contributed by atoms with Gasteiger partial charge in [-0.15, -0.1) is 0 Å². The number of halogens is 2. The van der Waals surface area contributed by atoms with Crippen LogP contribution in [0.5, 0.6) is 0 Å². The maximum Gasteiger partial charge on any atom is 0.264 e. The number of carbonyl (C=O) groups excluding carboxylic acids is 1. The van der Waals surface area contributed by atoms with Crippen molar-refractivity contribution in [2.45, 2.75) is 4.90 Å². The average Bonchev–Trinajstić information content (AvgIpc) is 2.73. The SMILES string of the molecule is CN(C(=O)c1cc(S(=O)(=O)N(C)c2ccc(F)cc2)ccc1Cl)c1ccccc1. The lowest BCUT2D eigenvalue weighted by Gasteiger charge is -2.21. The minimum atomic E-state index is -3.99. The second-order valence-electron chi connectivity index (χ2n) is 6.29. The van der Waals surface area contributed by atoms with Gasteiger partial charge in [-0.2, -0.15) is 0 Å². The summed E-state index contributed by atoms with van der Waals surface area (Å²) in [5, 5.41) is 0.140. The van der Waals surface area contributed by atoms with Gasteiger partial charge in [-0.25, -0.2) is 12.8 Å². The van der Waals surface area contributed by atoms with Gasteiger partial charge in [0.2, 0.25) is 0 Å². The molecule has 0 aromatic heterocycles. The number of benzene rings is 3. The molecule has 5 nitrogen and oxygen atoms in total. The van der Waals surface area contributed by atoms with E-state index < -0.39 is 21.7 Å². The summed E-state index contributed by atoms with van der Waals surface area (Å²) in [4.78, 5) is 14.2. The molecule has 3 rings (SSSR count). The third-order valence-corrected chi connectivity index (χ3v) is 6.58. The first kappa shape index (κ1) is 20.8. The first-order valence-corrected chi connectivity index (χ1v) is 10.4. The van der Waals surface area contributed by atoms with Gasteiger partial charge in [0, 0.05) is 19.8 Å². The fourth-order valence-electron chi connectivity index (χ4n) is 2.73.